The van der Waals surface area contributed by atoms with E-state index in [1.807, 2.05) is 19.1 Å². The predicted molar refractivity (Wildman–Crippen MR) is 70.2 cm³/mol. The quantitative estimate of drug-likeness (QED) is 0.710. The molecule has 2 heterocycles. The molecule has 6 nitrogen and oxygen atoms in total. The van der Waals surface area contributed by atoms with Crippen molar-refractivity contribution in [3.63, 3.8) is 0 Å². The fraction of sp³-hybridized carbons (Fsp3) is 0.182. The van der Waals surface area contributed by atoms with Gasteiger partial charge in [-0.15, -0.1) is 0 Å². The summed E-state index contributed by atoms with van der Waals surface area (Å²) in [6.07, 6.45) is 1.71. The fourth-order valence-electron chi connectivity index (χ4n) is 1.32. The molecule has 0 radical (unpaired) electrons. The third-order valence-electron chi connectivity index (χ3n) is 2.23. The number of pyridine rings is 1. The van der Waals surface area contributed by atoms with E-state index in [4.69, 9.17) is 11.5 Å². The number of nitrogens with two attached hydrogens (primary N) is 2. The molecule has 2 aromatic rings. The molecule has 0 aromatic carbocycles. The van der Waals surface area contributed by atoms with Crippen molar-refractivity contribution in [3.05, 3.63) is 40.3 Å². The van der Waals surface area contributed by atoms with Crippen LogP contribution in [0.5, 0.6) is 0 Å². The highest BCUT2D eigenvalue weighted by atomic mass is 32.2. The number of nitrogens with zero attached hydrogens (tertiary/aromatic N) is 2. The molecule has 2 aromatic heterocycles. The van der Waals surface area contributed by atoms with Crippen molar-refractivity contribution in [1.82, 2.24) is 15.0 Å². The maximum atomic E-state index is 11.2. The zero-order valence-electron chi connectivity index (χ0n) is 9.75. The number of nitrogens with one attached hydrogen (secondary N) is 1. The van der Waals surface area contributed by atoms with Gasteiger partial charge >= 0.3 is 0 Å². The van der Waals surface area contributed by atoms with Gasteiger partial charge in [0.1, 0.15) is 10.8 Å². The van der Waals surface area contributed by atoms with Gasteiger partial charge in [0.15, 0.2) is 5.16 Å². The van der Waals surface area contributed by atoms with Crippen molar-refractivity contribution in [2.75, 3.05) is 5.73 Å². The highest BCUT2D eigenvalue weighted by molar-refractivity contribution is 7.99. The minimum atomic E-state index is -0.280. The Morgan fingerprint density at radius 3 is 2.78 bits per heavy atom. The van der Waals surface area contributed by atoms with Gasteiger partial charge < -0.3 is 16.5 Å². The molecule has 0 aliphatic carbocycles. The van der Waals surface area contributed by atoms with E-state index in [9.17, 15) is 4.79 Å². The SMILES string of the molecule is C[C@@H](N)c1ccc(Sc2nc(N)cc(=O)[nH]2)nc1. The van der Waals surface area contributed by atoms with Crippen LogP contribution in [0.3, 0.4) is 0 Å². The number of H-pyrrole nitrogens is 1. The van der Waals surface area contributed by atoms with Crippen LogP contribution in [0.15, 0.2) is 39.4 Å². The average molecular weight is 263 g/mol. The van der Waals surface area contributed by atoms with Crippen LogP contribution < -0.4 is 17.0 Å². The van der Waals surface area contributed by atoms with E-state index in [0.717, 1.165) is 5.56 Å². The van der Waals surface area contributed by atoms with Gasteiger partial charge in [-0.3, -0.25) is 4.79 Å². The molecule has 5 N–H and O–H groups in total. The predicted octanol–water partition coefficient (Wildman–Crippen LogP) is 0.918. The first-order valence-corrected chi connectivity index (χ1v) is 6.12. The monoisotopic (exact) mass is 263 g/mol. The summed E-state index contributed by atoms with van der Waals surface area (Å²) in [4.78, 5) is 22.0. The Hall–Kier alpha value is -1.86. The van der Waals surface area contributed by atoms with Crippen LogP contribution in [0.2, 0.25) is 0 Å². The summed E-state index contributed by atoms with van der Waals surface area (Å²) < 4.78 is 0. The zero-order chi connectivity index (χ0) is 13.1. The summed E-state index contributed by atoms with van der Waals surface area (Å²) in [6, 6.07) is 4.90. The van der Waals surface area contributed by atoms with Crippen molar-refractivity contribution in [2.45, 2.75) is 23.1 Å². The number of hydrogen-bond acceptors (Lipinski definition) is 6. The van der Waals surface area contributed by atoms with Gasteiger partial charge in [-0.2, -0.15) is 0 Å². The summed E-state index contributed by atoms with van der Waals surface area (Å²) in [7, 11) is 0. The van der Waals surface area contributed by atoms with E-state index in [1.54, 1.807) is 6.20 Å². The Bertz CT molecular complexity index is 593. The van der Waals surface area contributed by atoms with Crippen LogP contribution in [-0.4, -0.2) is 15.0 Å². The number of hydrogen-bond donors (Lipinski definition) is 3. The molecule has 0 saturated heterocycles. The summed E-state index contributed by atoms with van der Waals surface area (Å²) in [5, 5.41) is 1.13. The third-order valence-corrected chi connectivity index (χ3v) is 3.06. The lowest BCUT2D eigenvalue weighted by Crippen LogP contribution is -2.09. The molecule has 0 aliphatic heterocycles. The minimum Gasteiger partial charge on any atom is -0.383 e. The molecule has 0 amide bonds. The van der Waals surface area contributed by atoms with Crippen molar-refractivity contribution in [2.24, 2.45) is 5.73 Å². The number of anilines is 1. The summed E-state index contributed by atoms with van der Waals surface area (Å²) in [5.74, 6) is 0.188. The summed E-state index contributed by atoms with van der Waals surface area (Å²) >= 11 is 1.24. The lowest BCUT2D eigenvalue weighted by Gasteiger charge is -2.05. The lowest BCUT2D eigenvalue weighted by molar-refractivity contribution is 0.806. The lowest BCUT2D eigenvalue weighted by atomic mass is 10.2. The molecule has 18 heavy (non-hydrogen) atoms. The van der Waals surface area contributed by atoms with Gasteiger partial charge in [-0.25, -0.2) is 9.97 Å². The molecule has 0 aliphatic rings. The van der Waals surface area contributed by atoms with Gasteiger partial charge in [0.05, 0.1) is 0 Å². The van der Waals surface area contributed by atoms with Gasteiger partial charge in [-0.1, -0.05) is 6.07 Å². The maximum absolute atomic E-state index is 11.2. The minimum absolute atomic E-state index is 0.0538. The Balaban J connectivity index is 2.20. The number of aromatic nitrogens is 3. The number of aromatic amines is 1. The third kappa shape index (κ3) is 3.08. The largest absolute Gasteiger partial charge is 0.383 e. The van der Waals surface area contributed by atoms with Gasteiger partial charge in [0.25, 0.3) is 5.56 Å². The summed E-state index contributed by atoms with van der Waals surface area (Å²) in [5.41, 5.74) is 11.9. The van der Waals surface area contributed by atoms with Crippen molar-refractivity contribution in [3.8, 4) is 0 Å². The van der Waals surface area contributed by atoms with E-state index in [2.05, 4.69) is 15.0 Å². The van der Waals surface area contributed by atoms with Crippen LogP contribution in [0.4, 0.5) is 5.82 Å². The van der Waals surface area contributed by atoms with Crippen LogP contribution in [-0.2, 0) is 0 Å². The molecule has 94 valence electrons. The van der Waals surface area contributed by atoms with E-state index in [-0.39, 0.29) is 17.4 Å². The summed E-state index contributed by atoms with van der Waals surface area (Å²) in [6.45, 7) is 1.89. The smallest absolute Gasteiger partial charge is 0.253 e. The standard InChI is InChI=1S/C11H13N5OS/c1-6(12)7-2-3-10(14-5-7)18-11-15-8(13)4-9(17)16-11/h2-6H,12H2,1H3,(H3,13,15,16,17)/t6-/m1/s1. The second kappa shape index (κ2) is 5.19. The van der Waals surface area contributed by atoms with Crippen LogP contribution in [0.1, 0.15) is 18.5 Å². The first-order chi connectivity index (χ1) is 8.54. The highest BCUT2D eigenvalue weighted by Gasteiger charge is 2.04. The topological polar surface area (TPSA) is 111 Å². The van der Waals surface area contributed by atoms with Gasteiger partial charge in [-0.05, 0) is 30.3 Å². The second-order valence-corrected chi connectivity index (χ2v) is 4.81. The van der Waals surface area contributed by atoms with Crippen LogP contribution in [0, 0.1) is 0 Å². The molecule has 7 heteroatoms. The average Bonchev–Trinajstić information content (AvgIpc) is 2.28. The molecule has 1 atom stereocenters. The second-order valence-electron chi connectivity index (χ2n) is 3.80. The van der Waals surface area contributed by atoms with E-state index < -0.39 is 0 Å². The molecular formula is C11H13N5OS. The highest BCUT2D eigenvalue weighted by Crippen LogP contribution is 2.22. The van der Waals surface area contributed by atoms with Crippen LogP contribution in [0.25, 0.3) is 0 Å². The molecule has 0 bridgehead atoms. The zero-order valence-corrected chi connectivity index (χ0v) is 10.6. The fourth-order valence-corrected chi connectivity index (χ4v) is 2.06. The van der Waals surface area contributed by atoms with E-state index >= 15 is 0 Å². The Kier molecular flexibility index (Phi) is 3.63. The molecule has 0 unspecified atom stereocenters. The van der Waals surface area contributed by atoms with Crippen molar-refractivity contribution < 1.29 is 0 Å². The maximum Gasteiger partial charge on any atom is 0.253 e. The first-order valence-electron chi connectivity index (χ1n) is 5.31. The number of nitrogen functional groups attached to an aromatic ring is 1. The normalized spacial score (nSPS) is 12.3. The van der Waals surface area contributed by atoms with Gasteiger partial charge in [0.2, 0.25) is 0 Å². The van der Waals surface area contributed by atoms with Crippen molar-refractivity contribution >= 4 is 17.6 Å². The Morgan fingerprint density at radius 2 is 2.22 bits per heavy atom. The number of rotatable bonds is 3. The molecule has 0 fully saturated rings. The molecular weight excluding hydrogens is 250 g/mol. The molecule has 0 spiro atoms. The van der Waals surface area contributed by atoms with E-state index in [0.29, 0.717) is 10.2 Å². The van der Waals surface area contributed by atoms with Crippen LogP contribution >= 0.6 is 11.8 Å². The Morgan fingerprint density at radius 1 is 1.44 bits per heavy atom. The van der Waals surface area contributed by atoms with E-state index in [1.165, 1.54) is 17.8 Å². The van der Waals surface area contributed by atoms with Gasteiger partial charge in [0, 0.05) is 18.3 Å². The molecule has 2 rings (SSSR count). The first kappa shape index (κ1) is 12.6. The molecule has 0 saturated carbocycles. The Labute approximate surface area is 108 Å². The van der Waals surface area contributed by atoms with Crippen molar-refractivity contribution in [1.29, 1.82) is 0 Å².